The Balaban J connectivity index is 2.49. The van der Waals surface area contributed by atoms with Crippen LogP contribution in [0.4, 0.5) is 5.69 Å². The van der Waals surface area contributed by atoms with E-state index >= 15 is 0 Å². The molecule has 2 amide bonds. The third-order valence-corrected chi connectivity index (χ3v) is 7.87. The first kappa shape index (κ1) is 28.3. The summed E-state index contributed by atoms with van der Waals surface area (Å²) < 4.78 is 28.5. The van der Waals surface area contributed by atoms with Crippen LogP contribution >= 0.6 is 0 Å². The van der Waals surface area contributed by atoms with Crippen LogP contribution in [0.2, 0.25) is 0 Å². The second-order valence-corrected chi connectivity index (χ2v) is 10.9. The number of aryl methyl sites for hydroxylation is 1. The van der Waals surface area contributed by atoms with Crippen molar-refractivity contribution < 1.29 is 18.0 Å². The molecule has 0 spiro atoms. The first-order valence-corrected chi connectivity index (χ1v) is 13.3. The van der Waals surface area contributed by atoms with E-state index in [1.54, 1.807) is 30.3 Å². The summed E-state index contributed by atoms with van der Waals surface area (Å²) in [4.78, 5) is 28.5. The van der Waals surface area contributed by atoms with Crippen LogP contribution < -0.4 is 9.62 Å². The van der Waals surface area contributed by atoms with Crippen LogP contribution in [0.5, 0.6) is 0 Å². The summed E-state index contributed by atoms with van der Waals surface area (Å²) in [5.41, 5.74) is 2.27. The Morgan fingerprint density at radius 1 is 0.943 bits per heavy atom. The fourth-order valence-electron chi connectivity index (χ4n) is 3.64. The largest absolute Gasteiger partial charge is 0.352 e. The summed E-state index contributed by atoms with van der Waals surface area (Å²) in [6.07, 6.45) is 1.16. The van der Waals surface area contributed by atoms with Crippen molar-refractivity contribution in [3.63, 3.8) is 0 Å². The van der Waals surface area contributed by atoms with E-state index < -0.39 is 28.7 Å². The van der Waals surface area contributed by atoms with Crippen LogP contribution in [-0.2, 0) is 26.3 Å². The predicted octanol–water partition coefficient (Wildman–Crippen LogP) is 3.33. The molecule has 192 valence electrons. The van der Waals surface area contributed by atoms with Gasteiger partial charge < -0.3 is 10.2 Å². The lowest BCUT2D eigenvalue weighted by atomic mass is 10.1. The van der Waals surface area contributed by atoms with Gasteiger partial charge in [-0.3, -0.25) is 9.59 Å². The molecule has 2 rings (SSSR count). The summed E-state index contributed by atoms with van der Waals surface area (Å²) in [5.74, 6) is -0.695. The summed E-state index contributed by atoms with van der Waals surface area (Å²) >= 11 is 0. The molecular formula is C26H38N4O4S. The molecule has 0 aliphatic carbocycles. The first-order chi connectivity index (χ1) is 16.5. The fourth-order valence-corrected chi connectivity index (χ4v) is 4.70. The van der Waals surface area contributed by atoms with Gasteiger partial charge >= 0.3 is 10.2 Å². The summed E-state index contributed by atoms with van der Waals surface area (Å²) in [7, 11) is -1.11. The molecular weight excluding hydrogens is 464 g/mol. The van der Waals surface area contributed by atoms with Crippen LogP contribution in [-0.4, -0.2) is 62.2 Å². The van der Waals surface area contributed by atoms with Gasteiger partial charge in [-0.15, -0.1) is 0 Å². The lowest BCUT2D eigenvalue weighted by molar-refractivity contribution is -0.140. The van der Waals surface area contributed by atoms with Gasteiger partial charge in [0.25, 0.3) is 0 Å². The number of hydrogen-bond donors (Lipinski definition) is 1. The summed E-state index contributed by atoms with van der Waals surface area (Å²) in [5, 5.41) is 2.98. The summed E-state index contributed by atoms with van der Waals surface area (Å²) in [6, 6.07) is 15.4. The smallest absolute Gasteiger partial charge is 0.304 e. The molecule has 2 atom stereocenters. The predicted molar refractivity (Wildman–Crippen MR) is 140 cm³/mol. The van der Waals surface area contributed by atoms with Crippen molar-refractivity contribution in [1.82, 2.24) is 14.5 Å². The van der Waals surface area contributed by atoms with E-state index in [-0.39, 0.29) is 18.5 Å². The first-order valence-electron chi connectivity index (χ1n) is 11.9. The van der Waals surface area contributed by atoms with Crippen molar-refractivity contribution in [2.24, 2.45) is 0 Å². The monoisotopic (exact) mass is 502 g/mol. The van der Waals surface area contributed by atoms with Crippen molar-refractivity contribution in [2.75, 3.05) is 24.9 Å². The Labute approximate surface area is 210 Å². The molecule has 0 unspecified atom stereocenters. The van der Waals surface area contributed by atoms with E-state index in [9.17, 15) is 18.0 Å². The van der Waals surface area contributed by atoms with Gasteiger partial charge in [0.05, 0.1) is 5.69 Å². The Morgan fingerprint density at radius 3 is 2.09 bits per heavy atom. The quantitative estimate of drug-likeness (QED) is 0.482. The van der Waals surface area contributed by atoms with Crippen LogP contribution in [0, 0.1) is 6.92 Å². The number of anilines is 1. The van der Waals surface area contributed by atoms with Crippen molar-refractivity contribution in [2.45, 2.75) is 59.2 Å². The third-order valence-electron chi connectivity index (χ3n) is 6.05. The van der Waals surface area contributed by atoms with E-state index in [0.29, 0.717) is 12.1 Å². The van der Waals surface area contributed by atoms with Gasteiger partial charge in [-0.1, -0.05) is 56.3 Å². The van der Waals surface area contributed by atoms with E-state index in [1.165, 1.54) is 19.0 Å². The average Bonchev–Trinajstić information content (AvgIpc) is 2.83. The van der Waals surface area contributed by atoms with E-state index in [0.717, 1.165) is 26.2 Å². The Morgan fingerprint density at radius 2 is 1.54 bits per heavy atom. The highest BCUT2D eigenvalue weighted by molar-refractivity contribution is 7.90. The summed E-state index contributed by atoms with van der Waals surface area (Å²) in [6.45, 7) is 7.46. The average molecular weight is 503 g/mol. The van der Waals surface area contributed by atoms with E-state index in [1.807, 2.05) is 52.0 Å². The maximum atomic E-state index is 13.8. The normalized spacial score (nSPS) is 13.2. The molecule has 0 aliphatic rings. The van der Waals surface area contributed by atoms with Gasteiger partial charge in [0, 0.05) is 26.7 Å². The molecule has 35 heavy (non-hydrogen) atoms. The van der Waals surface area contributed by atoms with E-state index in [4.69, 9.17) is 0 Å². The fraction of sp³-hybridized carbons (Fsp3) is 0.462. The number of hydrogen-bond acceptors (Lipinski definition) is 4. The minimum atomic E-state index is -3.96. The molecule has 2 aromatic rings. The molecule has 0 aliphatic heterocycles. The zero-order valence-electron chi connectivity index (χ0n) is 21.6. The standard InChI is InChI=1S/C26H38N4O4S/c1-7-21(4)27-26(32)24(8-2)29(18-22-15-13-12-14-20(22)3)25(31)19-30(35(33,34)28(5)6)23-16-10-9-11-17-23/h9-17,21,24H,7-8,18-19H2,1-6H3,(H,27,32)/t21-,24-/m1/s1. The molecule has 0 bridgehead atoms. The number of amides is 2. The number of nitrogens with zero attached hydrogens (tertiary/aromatic N) is 3. The van der Waals surface area contributed by atoms with Crippen LogP contribution in [0.25, 0.3) is 0 Å². The Bertz CT molecular complexity index is 1090. The molecule has 8 nitrogen and oxygen atoms in total. The minimum absolute atomic E-state index is 0.0399. The number of carbonyl (C=O) groups excluding carboxylic acids is 2. The molecule has 0 heterocycles. The highest BCUT2D eigenvalue weighted by atomic mass is 32.2. The van der Waals surface area contributed by atoms with Crippen LogP contribution in [0.15, 0.2) is 54.6 Å². The lowest BCUT2D eigenvalue weighted by Crippen LogP contribution is -2.54. The second-order valence-electron chi connectivity index (χ2n) is 8.82. The van der Waals surface area contributed by atoms with Crippen LogP contribution in [0.3, 0.4) is 0 Å². The van der Waals surface area contributed by atoms with Crippen molar-refractivity contribution >= 4 is 27.7 Å². The highest BCUT2D eigenvalue weighted by Gasteiger charge is 2.34. The van der Waals surface area contributed by atoms with Gasteiger partial charge in [0.15, 0.2) is 0 Å². The molecule has 0 fully saturated rings. The Kier molecular flexibility index (Phi) is 10.3. The molecule has 2 aromatic carbocycles. The number of rotatable bonds is 12. The molecule has 9 heteroatoms. The van der Waals surface area contributed by atoms with Crippen molar-refractivity contribution in [3.8, 4) is 0 Å². The number of benzene rings is 2. The zero-order valence-corrected chi connectivity index (χ0v) is 22.4. The van der Waals surface area contributed by atoms with Gasteiger partial charge in [0.1, 0.15) is 12.6 Å². The lowest BCUT2D eigenvalue weighted by Gasteiger charge is -2.34. The second kappa shape index (κ2) is 12.7. The maximum Gasteiger partial charge on any atom is 0.304 e. The van der Waals surface area contributed by atoms with Gasteiger partial charge in [-0.25, -0.2) is 4.31 Å². The maximum absolute atomic E-state index is 13.8. The third kappa shape index (κ3) is 7.29. The number of nitrogens with one attached hydrogen (secondary N) is 1. The highest BCUT2D eigenvalue weighted by Crippen LogP contribution is 2.21. The zero-order chi connectivity index (χ0) is 26.2. The topological polar surface area (TPSA) is 90.0 Å². The SMILES string of the molecule is CC[C@@H](C)NC(=O)[C@@H](CC)N(Cc1ccccc1C)C(=O)CN(c1ccccc1)S(=O)(=O)N(C)C. The van der Waals surface area contributed by atoms with Crippen molar-refractivity contribution in [3.05, 3.63) is 65.7 Å². The molecule has 0 radical (unpaired) electrons. The number of para-hydroxylation sites is 1. The Hall–Kier alpha value is -2.91. The minimum Gasteiger partial charge on any atom is -0.352 e. The molecule has 0 aromatic heterocycles. The van der Waals surface area contributed by atoms with Gasteiger partial charge in [-0.05, 0) is 49.9 Å². The van der Waals surface area contributed by atoms with Crippen LogP contribution in [0.1, 0.15) is 44.7 Å². The van der Waals surface area contributed by atoms with Gasteiger partial charge in [0.2, 0.25) is 11.8 Å². The molecule has 0 saturated carbocycles. The van der Waals surface area contributed by atoms with E-state index in [2.05, 4.69) is 5.32 Å². The number of carbonyl (C=O) groups is 2. The molecule has 0 saturated heterocycles. The molecule has 1 N–H and O–H groups in total. The van der Waals surface area contributed by atoms with Gasteiger partial charge in [-0.2, -0.15) is 12.7 Å². The van der Waals surface area contributed by atoms with Crippen molar-refractivity contribution in [1.29, 1.82) is 0 Å².